The van der Waals surface area contributed by atoms with Crippen molar-refractivity contribution < 1.29 is 13.2 Å². The van der Waals surface area contributed by atoms with E-state index in [1.165, 1.54) is 23.1 Å². The van der Waals surface area contributed by atoms with Crippen LogP contribution in [-0.2, 0) is 14.8 Å². The van der Waals surface area contributed by atoms with Gasteiger partial charge in [0.2, 0.25) is 15.9 Å². The molecule has 0 aliphatic carbocycles. The van der Waals surface area contributed by atoms with Gasteiger partial charge in [-0.1, -0.05) is 11.6 Å². The van der Waals surface area contributed by atoms with Gasteiger partial charge in [0.1, 0.15) is 4.90 Å². The molecule has 1 atom stereocenters. The highest BCUT2D eigenvalue weighted by atomic mass is 35.5. The predicted molar refractivity (Wildman–Crippen MR) is 77.1 cm³/mol. The molecule has 1 amide bonds. The lowest BCUT2D eigenvalue weighted by Crippen LogP contribution is -2.48. The third kappa shape index (κ3) is 3.53. The lowest BCUT2D eigenvalue weighted by molar-refractivity contribution is -0.132. The molecule has 1 aliphatic rings. The van der Waals surface area contributed by atoms with Crippen molar-refractivity contribution in [1.82, 2.24) is 9.62 Å². The molecule has 0 bridgehead atoms. The molecule has 0 aromatic heterocycles. The van der Waals surface area contributed by atoms with Crippen LogP contribution < -0.4 is 4.72 Å². The Hall–Kier alpha value is -1.62. The van der Waals surface area contributed by atoms with Crippen molar-refractivity contribution in [2.24, 2.45) is 0 Å². The van der Waals surface area contributed by atoms with Crippen LogP contribution in [0.15, 0.2) is 23.1 Å². The van der Waals surface area contributed by atoms with E-state index in [1.807, 2.05) is 6.07 Å². The molecule has 6 nitrogen and oxygen atoms in total. The van der Waals surface area contributed by atoms with Crippen molar-refractivity contribution >= 4 is 27.5 Å². The molecule has 1 aromatic rings. The molecule has 1 aliphatic heterocycles. The first kappa shape index (κ1) is 15.8. The van der Waals surface area contributed by atoms with Crippen molar-refractivity contribution in [1.29, 1.82) is 5.26 Å². The summed E-state index contributed by atoms with van der Waals surface area (Å²) in [5, 5.41) is 8.91. The number of carbonyl (C=O) groups excluding carboxylic acids is 1. The van der Waals surface area contributed by atoms with Crippen LogP contribution in [0, 0.1) is 11.3 Å². The maximum absolute atomic E-state index is 12.4. The highest BCUT2D eigenvalue weighted by molar-refractivity contribution is 7.89. The van der Waals surface area contributed by atoms with Crippen molar-refractivity contribution in [3.8, 4) is 6.07 Å². The summed E-state index contributed by atoms with van der Waals surface area (Å²) in [6.45, 7) is 0.313. The minimum atomic E-state index is -3.84. The Balaban J connectivity index is 2.23. The summed E-state index contributed by atoms with van der Waals surface area (Å²) in [5.41, 5.74) is 0.218. The van der Waals surface area contributed by atoms with Crippen LogP contribution in [0.1, 0.15) is 18.4 Å². The molecule has 112 valence electrons. The van der Waals surface area contributed by atoms with Gasteiger partial charge in [0, 0.05) is 26.1 Å². The molecular weight excluding hydrogens is 314 g/mol. The van der Waals surface area contributed by atoms with E-state index in [2.05, 4.69) is 4.72 Å². The van der Waals surface area contributed by atoms with Crippen LogP contribution in [0.3, 0.4) is 0 Å². The highest BCUT2D eigenvalue weighted by Gasteiger charge is 2.28. The SMILES string of the molecule is CN1CC(NS(=O)(=O)c2cc(C#N)ccc2Cl)CCC1=O. The van der Waals surface area contributed by atoms with Gasteiger partial charge in [-0.05, 0) is 24.6 Å². The average Bonchev–Trinajstić information content (AvgIpc) is 2.43. The van der Waals surface area contributed by atoms with Gasteiger partial charge in [0.25, 0.3) is 0 Å². The molecule has 0 radical (unpaired) electrons. The fraction of sp³-hybridized carbons (Fsp3) is 0.385. The Labute approximate surface area is 128 Å². The largest absolute Gasteiger partial charge is 0.344 e. The van der Waals surface area contributed by atoms with Gasteiger partial charge in [0.15, 0.2) is 0 Å². The Kier molecular flexibility index (Phi) is 4.52. The molecule has 1 heterocycles. The highest BCUT2D eigenvalue weighted by Crippen LogP contribution is 2.23. The molecular formula is C13H14ClN3O3S. The van der Waals surface area contributed by atoms with E-state index in [4.69, 9.17) is 16.9 Å². The topological polar surface area (TPSA) is 90.3 Å². The number of carbonyl (C=O) groups is 1. The second kappa shape index (κ2) is 6.02. The maximum atomic E-state index is 12.4. The first-order valence-corrected chi connectivity index (χ1v) is 8.15. The third-order valence-electron chi connectivity index (χ3n) is 3.30. The normalized spacial score (nSPS) is 19.4. The van der Waals surface area contributed by atoms with E-state index in [9.17, 15) is 13.2 Å². The van der Waals surface area contributed by atoms with E-state index >= 15 is 0 Å². The predicted octanol–water partition coefficient (Wildman–Crippen LogP) is 1.11. The van der Waals surface area contributed by atoms with Gasteiger partial charge in [-0.25, -0.2) is 13.1 Å². The zero-order valence-electron chi connectivity index (χ0n) is 11.3. The Morgan fingerprint density at radius 2 is 2.19 bits per heavy atom. The fourth-order valence-electron chi connectivity index (χ4n) is 2.17. The number of nitrogens with zero attached hydrogens (tertiary/aromatic N) is 2. The molecule has 2 rings (SSSR count). The second-order valence-corrected chi connectivity index (χ2v) is 6.98. The average molecular weight is 328 g/mol. The molecule has 0 spiro atoms. The van der Waals surface area contributed by atoms with Gasteiger partial charge in [-0.2, -0.15) is 5.26 Å². The van der Waals surface area contributed by atoms with Gasteiger partial charge in [-0.15, -0.1) is 0 Å². The number of hydrogen-bond donors (Lipinski definition) is 1. The monoisotopic (exact) mass is 327 g/mol. The second-order valence-electron chi connectivity index (χ2n) is 4.89. The van der Waals surface area contributed by atoms with E-state index in [0.29, 0.717) is 19.4 Å². The molecule has 1 N–H and O–H groups in total. The molecule has 1 unspecified atom stereocenters. The number of piperidine rings is 1. The molecule has 8 heteroatoms. The lowest BCUT2D eigenvalue weighted by Gasteiger charge is -2.30. The maximum Gasteiger partial charge on any atom is 0.242 e. The summed E-state index contributed by atoms with van der Waals surface area (Å²) in [6, 6.07) is 5.59. The quantitative estimate of drug-likeness (QED) is 0.900. The van der Waals surface area contributed by atoms with Crippen LogP contribution in [-0.4, -0.2) is 38.9 Å². The van der Waals surface area contributed by atoms with Gasteiger partial charge in [-0.3, -0.25) is 4.79 Å². The summed E-state index contributed by atoms with van der Waals surface area (Å²) in [5.74, 6) is -0.00467. The van der Waals surface area contributed by atoms with Gasteiger partial charge >= 0.3 is 0 Å². The van der Waals surface area contributed by atoms with Crippen LogP contribution in [0.2, 0.25) is 5.02 Å². The number of benzene rings is 1. The number of amides is 1. The van der Waals surface area contributed by atoms with Crippen LogP contribution in [0.25, 0.3) is 0 Å². The van der Waals surface area contributed by atoms with Crippen LogP contribution in [0.4, 0.5) is 0 Å². The Morgan fingerprint density at radius 3 is 2.81 bits per heavy atom. The zero-order valence-corrected chi connectivity index (χ0v) is 12.9. The fourth-order valence-corrected chi connectivity index (χ4v) is 3.96. The molecule has 0 saturated carbocycles. The summed E-state index contributed by atoms with van der Waals surface area (Å²) in [6.07, 6.45) is 0.744. The van der Waals surface area contributed by atoms with E-state index in [1.54, 1.807) is 7.05 Å². The van der Waals surface area contributed by atoms with Gasteiger partial charge in [0.05, 0.1) is 16.7 Å². The Morgan fingerprint density at radius 1 is 1.48 bits per heavy atom. The minimum Gasteiger partial charge on any atom is -0.344 e. The molecule has 1 aromatic carbocycles. The standard InChI is InChI=1S/C13H14ClN3O3S/c1-17-8-10(3-5-13(17)18)16-21(19,20)12-6-9(7-15)2-4-11(12)14/h2,4,6,10,16H,3,5,8H2,1H3. The first-order valence-electron chi connectivity index (χ1n) is 6.29. The number of likely N-dealkylation sites (tertiary alicyclic amines) is 1. The van der Waals surface area contributed by atoms with Crippen LogP contribution in [0.5, 0.6) is 0 Å². The number of nitriles is 1. The number of likely N-dealkylation sites (N-methyl/N-ethyl adjacent to an activating group) is 1. The smallest absolute Gasteiger partial charge is 0.242 e. The minimum absolute atomic E-state index is 0.00467. The number of sulfonamides is 1. The van der Waals surface area contributed by atoms with Crippen molar-refractivity contribution in [3.63, 3.8) is 0 Å². The Bertz CT molecular complexity index is 712. The summed E-state index contributed by atoms with van der Waals surface area (Å²) >= 11 is 5.91. The number of halogens is 1. The summed E-state index contributed by atoms with van der Waals surface area (Å²) in [7, 11) is -2.20. The van der Waals surface area contributed by atoms with Crippen LogP contribution >= 0.6 is 11.6 Å². The lowest BCUT2D eigenvalue weighted by atomic mass is 10.1. The molecule has 1 fully saturated rings. The van der Waals surface area contributed by atoms with Crippen molar-refractivity contribution in [2.75, 3.05) is 13.6 Å². The zero-order chi connectivity index (χ0) is 15.6. The molecule has 1 saturated heterocycles. The van der Waals surface area contributed by atoms with Crippen molar-refractivity contribution in [3.05, 3.63) is 28.8 Å². The first-order chi connectivity index (χ1) is 9.83. The number of rotatable bonds is 3. The summed E-state index contributed by atoms with van der Waals surface area (Å²) < 4.78 is 27.3. The van der Waals surface area contributed by atoms with Crippen molar-refractivity contribution in [2.45, 2.75) is 23.8 Å². The van der Waals surface area contributed by atoms with Gasteiger partial charge < -0.3 is 4.90 Å². The molecule has 21 heavy (non-hydrogen) atoms. The number of hydrogen-bond acceptors (Lipinski definition) is 4. The van der Waals surface area contributed by atoms with E-state index < -0.39 is 10.0 Å². The van der Waals surface area contributed by atoms with E-state index in [0.717, 1.165) is 0 Å². The van der Waals surface area contributed by atoms with E-state index in [-0.39, 0.29) is 27.4 Å². The summed E-state index contributed by atoms with van der Waals surface area (Å²) in [4.78, 5) is 12.8. The number of nitrogens with one attached hydrogen (secondary N) is 1. The third-order valence-corrected chi connectivity index (χ3v) is 5.30.